The third-order valence-corrected chi connectivity index (χ3v) is 10.2. The molecule has 0 amide bonds. The van der Waals surface area contributed by atoms with E-state index in [0.29, 0.717) is 35.5 Å². The highest BCUT2D eigenvalue weighted by Crippen LogP contribution is 2.68. The van der Waals surface area contributed by atoms with Crippen LogP contribution in [0.15, 0.2) is 0 Å². The van der Waals surface area contributed by atoms with Gasteiger partial charge in [0.1, 0.15) is 0 Å². The van der Waals surface area contributed by atoms with Crippen LogP contribution < -0.4 is 0 Å². The smallest absolute Gasteiger partial charge is 0.390 e. The molecule has 0 saturated heterocycles. The number of hydrogen-bond donors (Lipinski definition) is 1. The van der Waals surface area contributed by atoms with Gasteiger partial charge in [0.2, 0.25) is 5.78 Å². The molecule has 4 fully saturated rings. The van der Waals surface area contributed by atoms with Crippen molar-refractivity contribution in [3.63, 3.8) is 0 Å². The Morgan fingerprint density at radius 2 is 1.62 bits per heavy atom. The van der Waals surface area contributed by atoms with Crippen molar-refractivity contribution >= 4 is 5.78 Å². The van der Waals surface area contributed by atoms with E-state index in [4.69, 9.17) is 0 Å². The van der Waals surface area contributed by atoms with Crippen LogP contribution in [0.2, 0.25) is 0 Å². The topological polar surface area (TPSA) is 37.3 Å². The first-order chi connectivity index (χ1) is 13.4. The van der Waals surface area contributed by atoms with E-state index >= 15 is 0 Å². The lowest BCUT2D eigenvalue weighted by Gasteiger charge is -2.62. The van der Waals surface area contributed by atoms with E-state index in [9.17, 15) is 23.1 Å². The van der Waals surface area contributed by atoms with Crippen LogP contribution in [0.1, 0.15) is 91.4 Å². The highest BCUT2D eigenvalue weighted by Gasteiger charge is 2.60. The predicted molar refractivity (Wildman–Crippen MR) is 106 cm³/mol. The fourth-order valence-electron chi connectivity index (χ4n) is 8.46. The molecule has 0 aromatic rings. The first-order valence-electron chi connectivity index (χ1n) is 11.7. The molecule has 0 aliphatic heterocycles. The van der Waals surface area contributed by atoms with Crippen molar-refractivity contribution in [2.45, 2.75) is 103 Å². The van der Waals surface area contributed by atoms with Crippen LogP contribution >= 0.6 is 0 Å². The van der Waals surface area contributed by atoms with Crippen LogP contribution in [-0.2, 0) is 4.79 Å². The molecular weight excluding hydrogens is 377 g/mol. The molecule has 29 heavy (non-hydrogen) atoms. The fourth-order valence-corrected chi connectivity index (χ4v) is 8.46. The van der Waals surface area contributed by atoms with Gasteiger partial charge in [-0.05, 0) is 112 Å². The van der Waals surface area contributed by atoms with E-state index in [1.54, 1.807) is 0 Å². The molecule has 0 aromatic carbocycles. The second-order valence-electron chi connectivity index (χ2n) is 11.6. The van der Waals surface area contributed by atoms with Crippen molar-refractivity contribution in [3.8, 4) is 0 Å². The van der Waals surface area contributed by atoms with Crippen LogP contribution in [0.25, 0.3) is 0 Å². The lowest BCUT2D eigenvalue weighted by Crippen LogP contribution is -2.55. The zero-order valence-electron chi connectivity index (χ0n) is 18.2. The van der Waals surface area contributed by atoms with E-state index in [-0.39, 0.29) is 17.8 Å². The Bertz CT molecular complexity index is 657. The highest BCUT2D eigenvalue weighted by molar-refractivity contribution is 5.83. The summed E-state index contributed by atoms with van der Waals surface area (Å²) in [5.41, 5.74) is -0.128. The molecule has 1 N–H and O–H groups in total. The number of rotatable bonds is 3. The van der Waals surface area contributed by atoms with Gasteiger partial charge in [-0.2, -0.15) is 13.2 Å². The number of hydrogen-bond acceptors (Lipinski definition) is 2. The lowest BCUT2D eigenvalue weighted by atomic mass is 9.44. The molecule has 0 aromatic heterocycles. The Kier molecular flexibility index (Phi) is 5.20. The first kappa shape index (κ1) is 21.6. The fraction of sp³-hybridized carbons (Fsp3) is 0.958. The molecule has 0 heterocycles. The largest absolute Gasteiger partial charge is 0.449 e. The number of ketones is 1. The number of fused-ring (bicyclic) bond motifs is 5. The van der Waals surface area contributed by atoms with Crippen molar-refractivity contribution in [2.75, 3.05) is 0 Å². The summed E-state index contributed by atoms with van der Waals surface area (Å²) in [5, 5.41) is 10.6. The Balaban J connectivity index is 1.47. The van der Waals surface area contributed by atoms with E-state index in [2.05, 4.69) is 13.8 Å². The molecule has 0 spiro atoms. The standard InChI is InChI=1S/C24H37F3O2/c1-21(29)12-13-23(3)16(14-21)4-7-17-18-8-5-15(6-9-20(28)24(25,26)27)22(18,2)11-10-19(17)23/h15-19,29H,4-14H2,1-3H3/t15?,16?,17?,18?,19?,21-,22?,23?/m0/s1. The predicted octanol–water partition coefficient (Wildman–Crippen LogP) is 6.31. The molecule has 0 bridgehead atoms. The summed E-state index contributed by atoms with van der Waals surface area (Å²) in [6, 6.07) is 0. The molecule has 5 heteroatoms. The maximum absolute atomic E-state index is 12.7. The molecule has 0 radical (unpaired) electrons. The minimum absolute atomic E-state index is 0.0937. The average Bonchev–Trinajstić information content (AvgIpc) is 2.95. The molecular formula is C24H37F3O2. The Morgan fingerprint density at radius 1 is 0.931 bits per heavy atom. The van der Waals surface area contributed by atoms with Gasteiger partial charge in [0, 0.05) is 6.42 Å². The van der Waals surface area contributed by atoms with E-state index in [0.717, 1.165) is 44.9 Å². The van der Waals surface area contributed by atoms with Gasteiger partial charge in [0.25, 0.3) is 0 Å². The number of carbonyl (C=O) groups excluding carboxylic acids is 1. The monoisotopic (exact) mass is 414 g/mol. The lowest BCUT2D eigenvalue weighted by molar-refractivity contribution is -0.171. The molecule has 7 unspecified atom stereocenters. The van der Waals surface area contributed by atoms with Gasteiger partial charge in [-0.1, -0.05) is 13.8 Å². The number of halogens is 3. The first-order valence-corrected chi connectivity index (χ1v) is 11.7. The van der Waals surface area contributed by atoms with Crippen molar-refractivity contribution in [3.05, 3.63) is 0 Å². The van der Waals surface area contributed by atoms with E-state index in [1.165, 1.54) is 12.8 Å². The van der Waals surface area contributed by atoms with E-state index < -0.39 is 17.6 Å². The number of carbonyl (C=O) groups is 1. The zero-order chi connectivity index (χ0) is 21.2. The SMILES string of the molecule is CC12CCC3C(CCC4C[C@@](C)(O)CCC43C)C1CCC2CCC(=O)C(F)(F)F. The van der Waals surface area contributed by atoms with Crippen molar-refractivity contribution < 1.29 is 23.1 Å². The Labute approximate surface area is 173 Å². The van der Waals surface area contributed by atoms with Crippen molar-refractivity contribution in [1.82, 2.24) is 0 Å². The van der Waals surface area contributed by atoms with Crippen LogP contribution in [0.3, 0.4) is 0 Å². The minimum Gasteiger partial charge on any atom is -0.390 e. The van der Waals surface area contributed by atoms with Crippen molar-refractivity contribution in [1.29, 1.82) is 0 Å². The van der Waals surface area contributed by atoms with Crippen LogP contribution in [0, 0.1) is 40.4 Å². The van der Waals surface area contributed by atoms with Gasteiger partial charge in [-0.25, -0.2) is 0 Å². The minimum atomic E-state index is -4.69. The van der Waals surface area contributed by atoms with Crippen LogP contribution in [-0.4, -0.2) is 22.7 Å². The molecule has 4 aliphatic carbocycles. The number of alkyl halides is 3. The van der Waals surface area contributed by atoms with Gasteiger partial charge in [-0.3, -0.25) is 4.79 Å². The van der Waals surface area contributed by atoms with Gasteiger partial charge < -0.3 is 5.11 Å². The molecule has 4 saturated carbocycles. The van der Waals surface area contributed by atoms with E-state index in [1.807, 2.05) is 6.92 Å². The van der Waals surface area contributed by atoms with Gasteiger partial charge in [0.05, 0.1) is 5.60 Å². The normalized spacial score (nSPS) is 49.8. The van der Waals surface area contributed by atoms with Crippen LogP contribution in [0.5, 0.6) is 0 Å². The second kappa shape index (κ2) is 6.97. The van der Waals surface area contributed by atoms with Crippen LogP contribution in [0.4, 0.5) is 13.2 Å². The summed E-state index contributed by atoms with van der Waals surface area (Å²) < 4.78 is 38.0. The van der Waals surface area contributed by atoms with Crippen molar-refractivity contribution in [2.24, 2.45) is 40.4 Å². The summed E-state index contributed by atoms with van der Waals surface area (Å²) in [6.45, 7) is 6.75. The summed E-state index contributed by atoms with van der Waals surface area (Å²) in [4.78, 5) is 11.4. The molecule has 4 rings (SSSR count). The molecule has 8 atom stereocenters. The second-order valence-corrected chi connectivity index (χ2v) is 11.6. The number of aliphatic hydroxyl groups is 1. The van der Waals surface area contributed by atoms with Gasteiger partial charge >= 0.3 is 6.18 Å². The average molecular weight is 415 g/mol. The zero-order valence-corrected chi connectivity index (χ0v) is 18.2. The Hall–Kier alpha value is -0.580. The number of Topliss-reactive ketones (excluding diaryl/α,β-unsaturated/α-hetero) is 1. The Morgan fingerprint density at radius 3 is 2.31 bits per heavy atom. The third kappa shape index (κ3) is 3.57. The quantitative estimate of drug-likeness (QED) is 0.588. The maximum atomic E-state index is 12.7. The summed E-state index contributed by atoms with van der Waals surface area (Å²) in [5.74, 6) is 1.23. The summed E-state index contributed by atoms with van der Waals surface area (Å²) in [7, 11) is 0. The van der Waals surface area contributed by atoms with Gasteiger partial charge in [-0.15, -0.1) is 0 Å². The molecule has 4 aliphatic rings. The highest BCUT2D eigenvalue weighted by atomic mass is 19.4. The maximum Gasteiger partial charge on any atom is 0.449 e. The van der Waals surface area contributed by atoms with Gasteiger partial charge in [0.15, 0.2) is 0 Å². The summed E-state index contributed by atoms with van der Waals surface area (Å²) in [6.07, 6.45) is 4.97. The molecule has 166 valence electrons. The third-order valence-electron chi connectivity index (χ3n) is 10.2. The summed E-state index contributed by atoms with van der Waals surface area (Å²) >= 11 is 0. The molecule has 2 nitrogen and oxygen atoms in total.